The van der Waals surface area contributed by atoms with Crippen molar-refractivity contribution in [1.29, 1.82) is 0 Å². The highest BCUT2D eigenvalue weighted by atomic mass is 19.4. The molecule has 0 atom stereocenters. The summed E-state index contributed by atoms with van der Waals surface area (Å²) in [7, 11) is 0. The Morgan fingerprint density at radius 3 is 2.41 bits per heavy atom. The Hall–Kier alpha value is -3.01. The summed E-state index contributed by atoms with van der Waals surface area (Å²) in [5.41, 5.74) is 0.325. The highest BCUT2D eigenvalue weighted by Gasteiger charge is 2.34. The van der Waals surface area contributed by atoms with Crippen molar-refractivity contribution in [2.24, 2.45) is 0 Å². The van der Waals surface area contributed by atoms with E-state index in [9.17, 15) is 27.5 Å². The minimum absolute atomic E-state index is 0.00518. The van der Waals surface area contributed by atoms with Gasteiger partial charge in [-0.3, -0.25) is 4.79 Å². The summed E-state index contributed by atoms with van der Waals surface area (Å²) in [5, 5.41) is 13.5. The standard InChI is InChI=1S/C22H22F4N2O4/c23-17-6-7-18(16-5-8-19(29)27-20(16)17)31-13-21(30)9-11-28(12-10-21)14-1-3-15(4-2-14)32-22(24,25)26/h1-4,6-7,30H,5,8-13H2,(H,27,29). The Morgan fingerprint density at radius 2 is 1.75 bits per heavy atom. The van der Waals surface area contributed by atoms with Crippen molar-refractivity contribution in [3.8, 4) is 11.5 Å². The van der Waals surface area contributed by atoms with Crippen molar-refractivity contribution in [1.82, 2.24) is 0 Å². The first-order valence-corrected chi connectivity index (χ1v) is 10.2. The molecule has 0 saturated carbocycles. The van der Waals surface area contributed by atoms with Crippen LogP contribution in [0.5, 0.6) is 11.5 Å². The topological polar surface area (TPSA) is 71.0 Å². The van der Waals surface area contributed by atoms with Crippen molar-refractivity contribution < 1.29 is 36.9 Å². The molecule has 2 aromatic carbocycles. The minimum atomic E-state index is -4.74. The molecule has 0 aromatic heterocycles. The van der Waals surface area contributed by atoms with Crippen molar-refractivity contribution in [3.63, 3.8) is 0 Å². The third-order valence-electron chi connectivity index (χ3n) is 5.71. The number of hydrogen-bond acceptors (Lipinski definition) is 5. The minimum Gasteiger partial charge on any atom is -0.490 e. The normalized spacial score (nSPS) is 18.0. The highest BCUT2D eigenvalue weighted by Crippen LogP contribution is 2.35. The molecule has 2 aliphatic rings. The Bertz CT molecular complexity index is 987. The summed E-state index contributed by atoms with van der Waals surface area (Å²) in [6.45, 7) is 0.971. The molecule has 4 rings (SSSR count). The van der Waals surface area contributed by atoms with Crippen LogP contribution in [0.4, 0.5) is 28.9 Å². The molecule has 1 saturated heterocycles. The van der Waals surface area contributed by atoms with Gasteiger partial charge in [0.25, 0.3) is 0 Å². The van der Waals surface area contributed by atoms with E-state index in [4.69, 9.17) is 4.74 Å². The lowest BCUT2D eigenvalue weighted by molar-refractivity contribution is -0.274. The number of carbonyl (C=O) groups is 1. The number of alkyl halides is 3. The molecule has 32 heavy (non-hydrogen) atoms. The van der Waals surface area contributed by atoms with E-state index in [0.717, 1.165) is 5.69 Å². The van der Waals surface area contributed by atoms with Crippen LogP contribution in [-0.4, -0.2) is 42.7 Å². The lowest BCUT2D eigenvalue weighted by atomic mass is 9.92. The zero-order valence-electron chi connectivity index (χ0n) is 17.0. The van der Waals surface area contributed by atoms with Crippen molar-refractivity contribution in [2.75, 3.05) is 29.9 Å². The van der Waals surface area contributed by atoms with E-state index >= 15 is 0 Å². The van der Waals surface area contributed by atoms with Gasteiger partial charge >= 0.3 is 6.36 Å². The third-order valence-corrected chi connectivity index (χ3v) is 5.71. The van der Waals surface area contributed by atoms with Gasteiger partial charge in [0, 0.05) is 30.8 Å². The van der Waals surface area contributed by atoms with Gasteiger partial charge < -0.3 is 24.8 Å². The number of hydrogen-bond donors (Lipinski definition) is 2. The van der Waals surface area contributed by atoms with E-state index in [1.807, 2.05) is 4.90 Å². The molecule has 2 N–H and O–H groups in total. The number of nitrogens with zero attached hydrogens (tertiary/aromatic N) is 1. The predicted molar refractivity (Wildman–Crippen MR) is 108 cm³/mol. The van der Waals surface area contributed by atoms with Crippen LogP contribution in [0.15, 0.2) is 36.4 Å². The summed E-state index contributed by atoms with van der Waals surface area (Å²) >= 11 is 0. The third kappa shape index (κ3) is 5.07. The van der Waals surface area contributed by atoms with Crippen molar-refractivity contribution in [3.05, 3.63) is 47.8 Å². The fourth-order valence-corrected chi connectivity index (χ4v) is 3.96. The fraction of sp³-hybridized carbons (Fsp3) is 0.409. The van der Waals surface area contributed by atoms with Crippen LogP contribution < -0.4 is 19.7 Å². The molecule has 2 heterocycles. The van der Waals surface area contributed by atoms with Crippen LogP contribution in [0.1, 0.15) is 24.8 Å². The summed E-state index contributed by atoms with van der Waals surface area (Å²) in [6, 6.07) is 8.31. The Morgan fingerprint density at radius 1 is 1.06 bits per heavy atom. The first kappa shape index (κ1) is 22.2. The van der Waals surface area contributed by atoms with E-state index in [2.05, 4.69) is 10.1 Å². The molecule has 0 bridgehead atoms. The molecule has 2 aliphatic heterocycles. The average molecular weight is 454 g/mol. The molecule has 0 spiro atoms. The van der Waals surface area contributed by atoms with E-state index in [-0.39, 0.29) is 30.4 Å². The number of amides is 1. The number of anilines is 2. The van der Waals surface area contributed by atoms with E-state index in [0.29, 0.717) is 43.7 Å². The van der Waals surface area contributed by atoms with Gasteiger partial charge in [0.2, 0.25) is 5.91 Å². The zero-order valence-corrected chi connectivity index (χ0v) is 17.0. The lowest BCUT2D eigenvalue weighted by Crippen LogP contribution is -2.48. The van der Waals surface area contributed by atoms with Gasteiger partial charge in [-0.15, -0.1) is 13.2 Å². The second-order valence-electron chi connectivity index (χ2n) is 7.99. The molecule has 0 radical (unpaired) electrons. The molecule has 0 unspecified atom stereocenters. The second kappa shape index (κ2) is 8.50. The van der Waals surface area contributed by atoms with Crippen LogP contribution in [0.3, 0.4) is 0 Å². The second-order valence-corrected chi connectivity index (χ2v) is 7.99. The summed E-state index contributed by atoms with van der Waals surface area (Å²) in [4.78, 5) is 13.5. The lowest BCUT2D eigenvalue weighted by Gasteiger charge is -2.39. The Balaban J connectivity index is 1.35. The van der Waals surface area contributed by atoms with Gasteiger partial charge in [0.1, 0.15) is 29.5 Å². The smallest absolute Gasteiger partial charge is 0.490 e. The van der Waals surface area contributed by atoms with Gasteiger partial charge in [-0.05, 0) is 55.7 Å². The Kier molecular flexibility index (Phi) is 5.89. The van der Waals surface area contributed by atoms with Crippen molar-refractivity contribution >= 4 is 17.3 Å². The molecule has 1 fully saturated rings. The Labute approximate surface area is 181 Å². The van der Waals surface area contributed by atoms with E-state index < -0.39 is 17.8 Å². The largest absolute Gasteiger partial charge is 0.573 e. The maximum atomic E-state index is 14.0. The molecular formula is C22H22F4N2O4. The molecule has 2 aromatic rings. The summed E-state index contributed by atoms with van der Waals surface area (Å²) in [5.74, 6) is -0.642. The zero-order chi connectivity index (χ0) is 22.9. The molecule has 1 amide bonds. The van der Waals surface area contributed by atoms with Gasteiger partial charge in [-0.25, -0.2) is 4.39 Å². The molecule has 172 valence electrons. The monoisotopic (exact) mass is 454 g/mol. The molecule has 6 nitrogen and oxygen atoms in total. The quantitative estimate of drug-likeness (QED) is 0.668. The summed E-state index contributed by atoms with van der Waals surface area (Å²) in [6.07, 6.45) is -3.38. The molecule has 10 heteroatoms. The fourth-order valence-electron chi connectivity index (χ4n) is 3.96. The number of piperidine rings is 1. The van der Waals surface area contributed by atoms with Gasteiger partial charge in [-0.2, -0.15) is 0 Å². The number of aliphatic hydroxyl groups is 1. The van der Waals surface area contributed by atoms with Crippen LogP contribution in [0.25, 0.3) is 0 Å². The van der Waals surface area contributed by atoms with Crippen LogP contribution >= 0.6 is 0 Å². The SMILES string of the molecule is O=C1CCc2c(OCC3(O)CCN(c4ccc(OC(F)(F)F)cc4)CC3)ccc(F)c2N1. The molecular weight excluding hydrogens is 432 g/mol. The first-order chi connectivity index (χ1) is 15.1. The van der Waals surface area contributed by atoms with Gasteiger partial charge in [0.15, 0.2) is 0 Å². The number of halogens is 4. The van der Waals surface area contributed by atoms with Crippen LogP contribution in [0.2, 0.25) is 0 Å². The van der Waals surface area contributed by atoms with Crippen molar-refractivity contribution in [2.45, 2.75) is 37.6 Å². The number of carbonyl (C=O) groups excluding carboxylic acids is 1. The van der Waals surface area contributed by atoms with E-state index in [1.165, 1.54) is 24.3 Å². The number of nitrogens with one attached hydrogen (secondary N) is 1. The van der Waals surface area contributed by atoms with E-state index in [1.54, 1.807) is 12.1 Å². The number of ether oxygens (including phenoxy) is 2. The summed E-state index contributed by atoms with van der Waals surface area (Å²) < 4.78 is 60.6. The van der Waals surface area contributed by atoms with Gasteiger partial charge in [-0.1, -0.05) is 0 Å². The number of rotatable bonds is 5. The first-order valence-electron chi connectivity index (χ1n) is 10.2. The molecule has 0 aliphatic carbocycles. The average Bonchev–Trinajstić information content (AvgIpc) is 2.74. The van der Waals surface area contributed by atoms with Crippen LogP contribution in [-0.2, 0) is 11.2 Å². The predicted octanol–water partition coefficient (Wildman–Crippen LogP) is 4.02. The number of fused-ring (bicyclic) bond motifs is 1. The maximum Gasteiger partial charge on any atom is 0.573 e. The van der Waals surface area contributed by atoms with Crippen LogP contribution in [0, 0.1) is 5.82 Å². The van der Waals surface area contributed by atoms with Gasteiger partial charge in [0.05, 0.1) is 5.69 Å². The maximum absolute atomic E-state index is 14.0. The number of benzene rings is 2. The highest BCUT2D eigenvalue weighted by molar-refractivity contribution is 5.94.